The van der Waals surface area contributed by atoms with Gasteiger partial charge in [-0.1, -0.05) is 0 Å². The molecule has 0 fully saturated rings. The first-order chi connectivity index (χ1) is 10.6. The third-order valence-electron chi connectivity index (χ3n) is 3.79. The summed E-state index contributed by atoms with van der Waals surface area (Å²) in [4.78, 5) is 0. The second-order valence-corrected chi connectivity index (χ2v) is 11.1. The van der Waals surface area contributed by atoms with E-state index in [1.165, 1.54) is 0 Å². The Labute approximate surface area is 137 Å². The first-order valence-corrected chi connectivity index (χ1v) is 11.5. The lowest BCUT2D eigenvalue weighted by Crippen LogP contribution is -2.43. The van der Waals surface area contributed by atoms with Crippen molar-refractivity contribution < 1.29 is 26.6 Å². The molecule has 0 aromatic heterocycles. The Morgan fingerprint density at radius 1 is 0.545 bits per heavy atom. The average Bonchev–Trinajstić information content (AvgIpc) is 2.58. The summed E-state index contributed by atoms with van der Waals surface area (Å²) in [6, 6.07) is 1.65. The lowest BCUT2D eigenvalue weighted by molar-refractivity contribution is 0.122. The summed E-state index contributed by atoms with van der Waals surface area (Å²) in [7, 11) is 5.05. The van der Waals surface area contributed by atoms with Crippen LogP contribution in [0.2, 0.25) is 12.1 Å². The van der Waals surface area contributed by atoms with Gasteiger partial charge in [0.1, 0.15) is 0 Å². The van der Waals surface area contributed by atoms with Crippen LogP contribution in [0.25, 0.3) is 0 Å². The third kappa shape index (κ3) is 7.62. The molecule has 0 aromatic rings. The molecule has 22 heavy (non-hydrogen) atoms. The minimum atomic E-state index is -2.42. The Morgan fingerprint density at radius 3 is 1.32 bits per heavy atom. The van der Waals surface area contributed by atoms with Crippen molar-refractivity contribution in [1.29, 1.82) is 0 Å². The van der Waals surface area contributed by atoms with E-state index in [0.717, 1.165) is 44.4 Å². The van der Waals surface area contributed by atoms with Crippen molar-refractivity contribution in [3.05, 3.63) is 0 Å². The monoisotopic (exact) mass is 355 g/mol. The minimum absolute atomic E-state index is 0.816. The van der Waals surface area contributed by atoms with Gasteiger partial charge >= 0.3 is 17.6 Å². The molecule has 0 aromatic carbocycles. The van der Waals surface area contributed by atoms with Gasteiger partial charge in [0, 0.05) is 54.7 Å². The van der Waals surface area contributed by atoms with E-state index < -0.39 is 17.6 Å². The number of rotatable bonds is 15. The number of hydrogen-bond donors (Lipinski definition) is 1. The molecule has 0 bridgehead atoms. The maximum atomic E-state index is 5.39. The van der Waals surface area contributed by atoms with Crippen LogP contribution >= 0.6 is 0 Å². The zero-order valence-electron chi connectivity index (χ0n) is 14.9. The Bertz CT molecular complexity index is 222. The zero-order chi connectivity index (χ0) is 16.9. The molecule has 0 amide bonds. The summed E-state index contributed by atoms with van der Waals surface area (Å²) < 4.78 is 32.3. The fourth-order valence-corrected chi connectivity index (χ4v) is 5.78. The highest BCUT2D eigenvalue weighted by Crippen LogP contribution is 2.16. The second-order valence-electron chi connectivity index (χ2n) is 4.90. The van der Waals surface area contributed by atoms with Gasteiger partial charge < -0.3 is 31.9 Å². The molecule has 0 aliphatic carbocycles. The number of nitrogens with one attached hydrogen (secondary N) is 1. The topological polar surface area (TPSA) is 67.4 Å². The summed E-state index contributed by atoms with van der Waals surface area (Å²) >= 11 is 0. The van der Waals surface area contributed by atoms with Gasteiger partial charge in [0.15, 0.2) is 0 Å². The van der Waals surface area contributed by atoms with Gasteiger partial charge in [-0.05, 0) is 32.4 Å². The summed E-state index contributed by atoms with van der Waals surface area (Å²) in [6.07, 6.45) is 3.04. The van der Waals surface area contributed by atoms with E-state index in [1.54, 1.807) is 42.7 Å². The van der Waals surface area contributed by atoms with E-state index in [2.05, 4.69) is 5.32 Å². The van der Waals surface area contributed by atoms with Gasteiger partial charge in [-0.2, -0.15) is 0 Å². The molecule has 0 radical (unpaired) electrons. The Hall–Kier alpha value is 0.154. The van der Waals surface area contributed by atoms with Crippen molar-refractivity contribution >= 4 is 17.6 Å². The van der Waals surface area contributed by atoms with Gasteiger partial charge in [0.2, 0.25) is 0 Å². The lowest BCUT2D eigenvalue weighted by Gasteiger charge is -2.24. The largest absolute Gasteiger partial charge is 0.500 e. The number of unbranched alkanes of at least 4 members (excludes halogenated alkanes) is 1. The molecule has 0 aliphatic heterocycles. The molecule has 0 saturated heterocycles. The van der Waals surface area contributed by atoms with Crippen molar-refractivity contribution in [2.75, 3.05) is 55.7 Å². The summed E-state index contributed by atoms with van der Waals surface area (Å²) in [5.74, 6) is 0. The molecular formula is C13H33NO6Si2. The highest BCUT2D eigenvalue weighted by molar-refractivity contribution is 6.60. The van der Waals surface area contributed by atoms with E-state index >= 15 is 0 Å². The van der Waals surface area contributed by atoms with Gasteiger partial charge in [-0.25, -0.2) is 0 Å². The van der Waals surface area contributed by atoms with E-state index in [1.807, 2.05) is 0 Å². The molecular weight excluding hydrogens is 322 g/mol. The average molecular weight is 356 g/mol. The van der Waals surface area contributed by atoms with Gasteiger partial charge in [0.05, 0.1) is 0 Å². The lowest BCUT2D eigenvalue weighted by atomic mass is 10.3. The molecule has 0 saturated carbocycles. The summed E-state index contributed by atoms with van der Waals surface area (Å²) in [5.41, 5.74) is 0. The van der Waals surface area contributed by atoms with Crippen LogP contribution in [0.1, 0.15) is 19.3 Å². The molecule has 9 heteroatoms. The Kier molecular flexibility index (Phi) is 12.6. The van der Waals surface area contributed by atoms with Crippen LogP contribution in [0.5, 0.6) is 0 Å². The van der Waals surface area contributed by atoms with Crippen LogP contribution < -0.4 is 5.32 Å². The van der Waals surface area contributed by atoms with E-state index in [4.69, 9.17) is 26.6 Å². The smallest absolute Gasteiger partial charge is 0.377 e. The summed E-state index contributed by atoms with van der Waals surface area (Å²) in [6.45, 7) is 1.88. The molecule has 0 atom stereocenters. The highest BCUT2D eigenvalue weighted by atomic mass is 28.4. The van der Waals surface area contributed by atoms with Crippen molar-refractivity contribution in [3.63, 3.8) is 0 Å². The third-order valence-corrected chi connectivity index (χ3v) is 9.45. The number of hydrogen-bond acceptors (Lipinski definition) is 7. The fraction of sp³-hybridized carbons (Fsp3) is 1.00. The molecule has 0 aliphatic rings. The molecule has 0 heterocycles. The van der Waals surface area contributed by atoms with Crippen LogP contribution in [-0.2, 0) is 26.6 Å². The standard InChI is InChI=1S/C13H33NO6Si2/c1-15-21(16-2,17-3)12-8-7-10-14-11-9-13-22(18-4,19-5)20-6/h14H,7-13H2,1-6H3. The molecule has 1 N–H and O–H groups in total. The van der Waals surface area contributed by atoms with Crippen LogP contribution in [0.4, 0.5) is 0 Å². The first kappa shape index (κ1) is 22.2. The maximum absolute atomic E-state index is 5.39. The van der Waals surface area contributed by atoms with E-state index in [-0.39, 0.29) is 0 Å². The van der Waals surface area contributed by atoms with Gasteiger partial charge in [-0.3, -0.25) is 0 Å². The maximum Gasteiger partial charge on any atom is 0.500 e. The van der Waals surface area contributed by atoms with E-state index in [0.29, 0.717) is 0 Å². The van der Waals surface area contributed by atoms with Crippen molar-refractivity contribution in [2.24, 2.45) is 0 Å². The fourth-order valence-electron chi connectivity index (χ4n) is 2.26. The van der Waals surface area contributed by atoms with Crippen LogP contribution in [0.15, 0.2) is 0 Å². The molecule has 0 rings (SSSR count). The Balaban J connectivity index is 3.70. The molecule has 0 unspecified atom stereocenters. The van der Waals surface area contributed by atoms with Gasteiger partial charge in [0.25, 0.3) is 0 Å². The van der Waals surface area contributed by atoms with Crippen LogP contribution in [0.3, 0.4) is 0 Å². The summed E-state index contributed by atoms with van der Waals surface area (Å²) in [5, 5.41) is 3.42. The quantitative estimate of drug-likeness (QED) is 0.353. The second kappa shape index (κ2) is 12.6. The van der Waals surface area contributed by atoms with E-state index in [9.17, 15) is 0 Å². The predicted octanol–water partition coefficient (Wildman–Crippen LogP) is 1.50. The molecule has 134 valence electrons. The zero-order valence-corrected chi connectivity index (χ0v) is 16.9. The van der Waals surface area contributed by atoms with Crippen molar-refractivity contribution in [2.45, 2.75) is 31.4 Å². The van der Waals surface area contributed by atoms with Crippen LogP contribution in [0, 0.1) is 0 Å². The van der Waals surface area contributed by atoms with Crippen molar-refractivity contribution in [1.82, 2.24) is 5.32 Å². The SMILES string of the molecule is CO[Si](CCCCNCCC[Si](OC)(OC)OC)(OC)OC. The minimum Gasteiger partial charge on any atom is -0.377 e. The first-order valence-electron chi connectivity index (χ1n) is 7.59. The van der Waals surface area contributed by atoms with Gasteiger partial charge in [-0.15, -0.1) is 0 Å². The van der Waals surface area contributed by atoms with Crippen molar-refractivity contribution in [3.8, 4) is 0 Å². The molecule has 7 nitrogen and oxygen atoms in total. The predicted molar refractivity (Wildman–Crippen MR) is 89.9 cm³/mol. The normalized spacial score (nSPS) is 12.8. The highest BCUT2D eigenvalue weighted by Gasteiger charge is 2.37. The van der Waals surface area contributed by atoms with Crippen LogP contribution in [-0.4, -0.2) is 73.4 Å². The Morgan fingerprint density at radius 2 is 0.909 bits per heavy atom. The molecule has 0 spiro atoms.